The average molecular weight is 215 g/mol. The number of nitrogens with one attached hydrogen (secondary N) is 2. The summed E-state index contributed by atoms with van der Waals surface area (Å²) in [6.07, 6.45) is 1.54. The molecule has 0 spiro atoms. The summed E-state index contributed by atoms with van der Waals surface area (Å²) in [5.41, 5.74) is 5.10. The summed E-state index contributed by atoms with van der Waals surface area (Å²) in [6.45, 7) is 4.97. The average Bonchev–Trinajstić information content (AvgIpc) is 2.23. The molecule has 0 heterocycles. The summed E-state index contributed by atoms with van der Waals surface area (Å²) >= 11 is 0. The van der Waals surface area contributed by atoms with Crippen molar-refractivity contribution in [3.63, 3.8) is 0 Å². The third-order valence-electron chi connectivity index (χ3n) is 2.19. The van der Waals surface area contributed by atoms with Gasteiger partial charge in [-0.25, -0.2) is 0 Å². The molecule has 4 N–H and O–H groups in total. The molecule has 1 atom stereocenters. The zero-order valence-corrected chi connectivity index (χ0v) is 9.51. The normalized spacial score (nSPS) is 11.9. The summed E-state index contributed by atoms with van der Waals surface area (Å²) in [5.74, 6) is 0.237. The maximum Gasteiger partial charge on any atom is 0.233 e. The van der Waals surface area contributed by atoms with Gasteiger partial charge in [-0.05, 0) is 5.92 Å². The van der Waals surface area contributed by atoms with Crippen molar-refractivity contribution in [2.24, 2.45) is 11.7 Å². The van der Waals surface area contributed by atoms with Crippen molar-refractivity contribution in [3.05, 3.63) is 0 Å². The summed E-state index contributed by atoms with van der Waals surface area (Å²) < 4.78 is 0. The van der Waals surface area contributed by atoms with Gasteiger partial charge < -0.3 is 16.4 Å². The molecular weight excluding hydrogens is 194 g/mol. The Morgan fingerprint density at radius 3 is 2.20 bits per heavy atom. The van der Waals surface area contributed by atoms with Crippen LogP contribution < -0.4 is 16.4 Å². The first-order chi connectivity index (χ1) is 7.10. The van der Waals surface area contributed by atoms with Crippen molar-refractivity contribution in [1.82, 2.24) is 10.6 Å². The first kappa shape index (κ1) is 13.9. The highest BCUT2D eigenvalue weighted by Gasteiger charge is 2.06. The van der Waals surface area contributed by atoms with Gasteiger partial charge in [-0.2, -0.15) is 0 Å². The van der Waals surface area contributed by atoms with E-state index >= 15 is 0 Å². The highest BCUT2D eigenvalue weighted by atomic mass is 16.2. The van der Waals surface area contributed by atoms with Crippen LogP contribution in [0.3, 0.4) is 0 Å². The van der Waals surface area contributed by atoms with Gasteiger partial charge in [-0.1, -0.05) is 20.3 Å². The van der Waals surface area contributed by atoms with Crippen LogP contribution in [0.5, 0.6) is 0 Å². The van der Waals surface area contributed by atoms with Crippen molar-refractivity contribution in [2.75, 3.05) is 19.6 Å². The molecule has 0 aromatic heterocycles. The van der Waals surface area contributed by atoms with Gasteiger partial charge in [-0.15, -0.1) is 0 Å². The summed E-state index contributed by atoms with van der Waals surface area (Å²) in [7, 11) is 0. The van der Waals surface area contributed by atoms with E-state index in [1.807, 2.05) is 6.92 Å². The summed E-state index contributed by atoms with van der Waals surface area (Å²) in [4.78, 5) is 22.0. The molecule has 2 amide bonds. The summed E-state index contributed by atoms with van der Waals surface area (Å²) in [6, 6.07) is 0. The number of hydrogen-bond donors (Lipinski definition) is 3. The van der Waals surface area contributed by atoms with Gasteiger partial charge in [-0.3, -0.25) is 9.59 Å². The number of hydrogen-bond acceptors (Lipinski definition) is 3. The van der Waals surface area contributed by atoms with Gasteiger partial charge in [0.15, 0.2) is 0 Å². The fourth-order valence-corrected chi connectivity index (χ4v) is 1.01. The molecule has 0 aliphatic heterocycles. The third-order valence-corrected chi connectivity index (χ3v) is 2.19. The number of nitrogens with two attached hydrogens (primary N) is 1. The zero-order chi connectivity index (χ0) is 11.7. The van der Waals surface area contributed by atoms with E-state index in [2.05, 4.69) is 17.6 Å². The summed E-state index contributed by atoms with van der Waals surface area (Å²) in [5, 5.41) is 5.31. The van der Waals surface area contributed by atoms with Crippen molar-refractivity contribution in [3.8, 4) is 0 Å². The molecule has 0 bridgehead atoms. The topological polar surface area (TPSA) is 84.2 Å². The molecule has 15 heavy (non-hydrogen) atoms. The molecule has 0 rings (SSSR count). The van der Waals surface area contributed by atoms with Crippen LogP contribution in [0.15, 0.2) is 0 Å². The molecule has 0 saturated carbocycles. The standard InChI is InChI=1S/C10H21N3O2/c1-3-8(2)6-9(14)12-4-5-13-10(15)7-11/h8H,3-7,11H2,1-2H3,(H,12,14)(H,13,15). The zero-order valence-electron chi connectivity index (χ0n) is 9.51. The van der Waals surface area contributed by atoms with E-state index < -0.39 is 0 Å². The fraction of sp³-hybridized carbons (Fsp3) is 0.800. The minimum atomic E-state index is -0.203. The Bertz CT molecular complexity index is 207. The van der Waals surface area contributed by atoms with Crippen molar-refractivity contribution < 1.29 is 9.59 Å². The largest absolute Gasteiger partial charge is 0.354 e. The van der Waals surface area contributed by atoms with Crippen LogP contribution in [-0.2, 0) is 9.59 Å². The quantitative estimate of drug-likeness (QED) is 0.506. The van der Waals surface area contributed by atoms with Crippen molar-refractivity contribution in [2.45, 2.75) is 26.7 Å². The van der Waals surface area contributed by atoms with Crippen LogP contribution >= 0.6 is 0 Å². The number of rotatable bonds is 7. The molecule has 0 aliphatic rings. The van der Waals surface area contributed by atoms with E-state index in [4.69, 9.17) is 5.73 Å². The van der Waals surface area contributed by atoms with E-state index in [1.54, 1.807) is 0 Å². The fourth-order valence-electron chi connectivity index (χ4n) is 1.01. The number of carbonyl (C=O) groups excluding carboxylic acids is 2. The lowest BCUT2D eigenvalue weighted by Gasteiger charge is -2.09. The highest BCUT2D eigenvalue weighted by Crippen LogP contribution is 2.04. The van der Waals surface area contributed by atoms with Gasteiger partial charge in [0.05, 0.1) is 6.54 Å². The minimum Gasteiger partial charge on any atom is -0.354 e. The monoisotopic (exact) mass is 215 g/mol. The van der Waals surface area contributed by atoms with Gasteiger partial charge in [0.1, 0.15) is 0 Å². The van der Waals surface area contributed by atoms with Crippen LogP contribution in [0, 0.1) is 5.92 Å². The molecule has 88 valence electrons. The lowest BCUT2D eigenvalue weighted by Crippen LogP contribution is -2.37. The van der Waals surface area contributed by atoms with Gasteiger partial charge >= 0.3 is 0 Å². The molecular formula is C10H21N3O2. The van der Waals surface area contributed by atoms with E-state index in [0.717, 1.165) is 6.42 Å². The Balaban J connectivity index is 3.43. The molecule has 0 aromatic rings. The molecule has 1 unspecified atom stereocenters. The van der Waals surface area contributed by atoms with Crippen LogP contribution in [0.1, 0.15) is 26.7 Å². The number of carbonyl (C=O) groups is 2. The van der Waals surface area contributed by atoms with E-state index in [-0.39, 0.29) is 18.4 Å². The second-order valence-corrected chi connectivity index (χ2v) is 3.62. The molecule has 0 aromatic carbocycles. The Hall–Kier alpha value is -1.10. The predicted molar refractivity (Wildman–Crippen MR) is 59.1 cm³/mol. The van der Waals surface area contributed by atoms with E-state index in [9.17, 15) is 9.59 Å². The first-order valence-electron chi connectivity index (χ1n) is 5.33. The lowest BCUT2D eigenvalue weighted by atomic mass is 10.1. The Morgan fingerprint density at radius 1 is 1.20 bits per heavy atom. The lowest BCUT2D eigenvalue weighted by molar-refractivity contribution is -0.122. The van der Waals surface area contributed by atoms with Crippen molar-refractivity contribution >= 4 is 11.8 Å². The second-order valence-electron chi connectivity index (χ2n) is 3.62. The molecule has 5 nitrogen and oxygen atoms in total. The van der Waals surface area contributed by atoms with Crippen LogP contribution in [0.2, 0.25) is 0 Å². The maximum absolute atomic E-state index is 11.3. The number of amides is 2. The third kappa shape index (κ3) is 7.93. The highest BCUT2D eigenvalue weighted by molar-refractivity contribution is 5.78. The van der Waals surface area contributed by atoms with Crippen LogP contribution in [0.4, 0.5) is 0 Å². The second kappa shape index (κ2) is 8.23. The SMILES string of the molecule is CCC(C)CC(=O)NCCNC(=O)CN. The Kier molecular flexibility index (Phi) is 7.62. The van der Waals surface area contributed by atoms with E-state index in [1.165, 1.54) is 0 Å². The van der Waals surface area contributed by atoms with E-state index in [0.29, 0.717) is 25.4 Å². The Morgan fingerprint density at radius 2 is 1.73 bits per heavy atom. The van der Waals surface area contributed by atoms with Gasteiger partial charge in [0, 0.05) is 19.5 Å². The molecule has 0 radical (unpaired) electrons. The molecule has 0 aliphatic carbocycles. The molecule has 0 fully saturated rings. The predicted octanol–water partition coefficient (Wildman–Crippen LogP) is -0.386. The van der Waals surface area contributed by atoms with Crippen molar-refractivity contribution in [1.29, 1.82) is 0 Å². The molecule has 5 heteroatoms. The smallest absolute Gasteiger partial charge is 0.233 e. The van der Waals surface area contributed by atoms with Gasteiger partial charge in [0.2, 0.25) is 11.8 Å². The molecule has 0 saturated heterocycles. The Labute approximate surface area is 90.8 Å². The maximum atomic E-state index is 11.3. The minimum absolute atomic E-state index is 0.0131. The van der Waals surface area contributed by atoms with Gasteiger partial charge in [0.25, 0.3) is 0 Å². The first-order valence-corrected chi connectivity index (χ1v) is 5.33. The van der Waals surface area contributed by atoms with Crippen LogP contribution in [-0.4, -0.2) is 31.4 Å². The van der Waals surface area contributed by atoms with Crippen LogP contribution in [0.25, 0.3) is 0 Å².